The van der Waals surface area contributed by atoms with Crippen LogP contribution in [-0.4, -0.2) is 31.9 Å². The van der Waals surface area contributed by atoms with E-state index in [1.165, 1.54) is 81.6 Å². The third-order valence-electron chi connectivity index (χ3n) is 9.86. The number of benzene rings is 8. The van der Waals surface area contributed by atoms with Crippen LogP contribution in [0.25, 0.3) is 77.2 Å². The van der Waals surface area contributed by atoms with Crippen LogP contribution in [0, 0.1) is 0 Å². The topological polar surface area (TPSA) is 0 Å². The van der Waals surface area contributed by atoms with Crippen molar-refractivity contribution in [2.75, 3.05) is 0 Å². The Balaban J connectivity index is 1.39. The predicted octanol–water partition coefficient (Wildman–Crippen LogP) is 7.75. The van der Waals surface area contributed by atoms with Gasteiger partial charge >= 0.3 is 286 Å². The van der Waals surface area contributed by atoms with Gasteiger partial charge in [-0.3, -0.25) is 0 Å². The average Bonchev–Trinajstić information content (AvgIpc) is 3.50. The summed E-state index contributed by atoms with van der Waals surface area (Å²) in [5.41, 5.74) is 13.4. The van der Waals surface area contributed by atoms with Crippen LogP contribution >= 0.6 is 0 Å². The SMILES string of the molecule is [GeH3][c]1ccccc1-c1ccccc1-c1cccc2c(-c3ccccc3)c3cccc(-c4ccc[c]5c4-c4cccc[c]4[GeH2]5)c3cc12. The van der Waals surface area contributed by atoms with Gasteiger partial charge in [0.2, 0.25) is 0 Å². The van der Waals surface area contributed by atoms with Gasteiger partial charge in [0, 0.05) is 0 Å². The van der Waals surface area contributed by atoms with Gasteiger partial charge in [0.05, 0.1) is 0 Å². The summed E-state index contributed by atoms with van der Waals surface area (Å²) in [7, 11) is 0. The van der Waals surface area contributed by atoms with E-state index in [1.54, 1.807) is 8.79 Å². The Morgan fingerprint density at radius 1 is 0.326 bits per heavy atom. The van der Waals surface area contributed by atoms with Gasteiger partial charge in [-0.05, 0) is 0 Å². The summed E-state index contributed by atoms with van der Waals surface area (Å²) in [6, 6.07) is 61.4. The molecule has 0 aromatic heterocycles. The van der Waals surface area contributed by atoms with Gasteiger partial charge in [-0.2, -0.15) is 0 Å². The zero-order chi connectivity index (χ0) is 30.6. The maximum atomic E-state index is 2.50. The van der Waals surface area contributed by atoms with Gasteiger partial charge in [-0.25, -0.2) is 0 Å². The third-order valence-corrected chi connectivity index (χ3v) is 15.8. The molecule has 0 radical (unpaired) electrons. The maximum absolute atomic E-state index is 2.50. The molecule has 8 aromatic rings. The fourth-order valence-corrected chi connectivity index (χ4v) is 13.2. The second-order valence-electron chi connectivity index (χ2n) is 12.5. The van der Waals surface area contributed by atoms with Crippen molar-refractivity contribution in [2.45, 2.75) is 0 Å². The van der Waals surface area contributed by atoms with E-state index in [0.717, 1.165) is 0 Å². The third kappa shape index (κ3) is 4.43. The van der Waals surface area contributed by atoms with Gasteiger partial charge < -0.3 is 0 Å². The summed E-state index contributed by atoms with van der Waals surface area (Å²) in [6.07, 6.45) is 0. The average molecular weight is 706 g/mol. The van der Waals surface area contributed by atoms with Crippen molar-refractivity contribution in [2.24, 2.45) is 0 Å². The number of hydrogen-bond acceptors (Lipinski definition) is 0. The molecule has 46 heavy (non-hydrogen) atoms. The second-order valence-corrected chi connectivity index (χ2v) is 18.7. The summed E-state index contributed by atoms with van der Waals surface area (Å²) in [4.78, 5) is 0. The van der Waals surface area contributed by atoms with Gasteiger partial charge in [0.25, 0.3) is 0 Å². The van der Waals surface area contributed by atoms with E-state index >= 15 is 0 Å². The first kappa shape index (κ1) is 27.7. The van der Waals surface area contributed by atoms with E-state index in [4.69, 9.17) is 0 Å². The summed E-state index contributed by atoms with van der Waals surface area (Å²) in [5, 5.41) is 5.22. The van der Waals surface area contributed by atoms with Crippen LogP contribution in [0.1, 0.15) is 0 Å². The van der Waals surface area contributed by atoms with E-state index in [2.05, 4.69) is 164 Å². The van der Waals surface area contributed by atoms with Gasteiger partial charge in [-0.15, -0.1) is 0 Å². The van der Waals surface area contributed by atoms with Crippen molar-refractivity contribution >= 4 is 66.7 Å². The van der Waals surface area contributed by atoms with E-state index < -0.39 is 15.4 Å². The molecule has 9 rings (SSSR count). The van der Waals surface area contributed by atoms with Gasteiger partial charge in [0.1, 0.15) is 0 Å². The Morgan fingerprint density at radius 2 is 0.826 bits per heavy atom. The Hall–Kier alpha value is -4.63. The second kappa shape index (κ2) is 11.3. The molecule has 0 nitrogen and oxygen atoms in total. The molecule has 0 aliphatic carbocycles. The Labute approximate surface area is 284 Å². The zero-order valence-electron chi connectivity index (χ0n) is 25.8. The first-order valence-electron chi connectivity index (χ1n) is 16.2. The van der Waals surface area contributed by atoms with Crippen LogP contribution < -0.4 is 13.2 Å². The minimum atomic E-state index is -1.01. The Kier molecular flexibility index (Phi) is 6.80. The fraction of sp³-hybridized carbons (Fsp3) is 0. The monoisotopic (exact) mass is 708 g/mol. The normalized spacial score (nSPS) is 12.5. The van der Waals surface area contributed by atoms with E-state index in [1.807, 2.05) is 0 Å². The summed E-state index contributed by atoms with van der Waals surface area (Å²) >= 11 is -0.429. The molecule has 0 bridgehead atoms. The molecule has 8 aromatic carbocycles. The van der Waals surface area contributed by atoms with Crippen molar-refractivity contribution in [1.29, 1.82) is 0 Å². The summed E-state index contributed by atoms with van der Waals surface area (Å²) < 4.78 is 4.68. The summed E-state index contributed by atoms with van der Waals surface area (Å²) in [5.74, 6) is 0. The van der Waals surface area contributed by atoms with Crippen LogP contribution in [-0.2, 0) is 0 Å². The zero-order valence-corrected chi connectivity index (χ0v) is 33.0. The molecule has 1 aliphatic rings. The quantitative estimate of drug-likeness (QED) is 0.130. The molecule has 2 heteroatoms. The van der Waals surface area contributed by atoms with Crippen LogP contribution in [0.3, 0.4) is 0 Å². The standard InChI is InChI=1S/C44H32Ge2/c45-40-24-8-6-17-33(40)30-16-5-4-15-29(30)31-19-10-21-35-38(31)27-39-32(20-11-22-36(39)43(35)28-13-2-1-3-14-28)34-23-12-26-42-44(34)37-18-7-9-25-41(37)46-42/h1-27H,46H2,45H3. The summed E-state index contributed by atoms with van der Waals surface area (Å²) in [6.45, 7) is 0. The molecule has 0 N–H and O–H groups in total. The van der Waals surface area contributed by atoms with Gasteiger partial charge in [-0.1, -0.05) is 0 Å². The van der Waals surface area contributed by atoms with Crippen LogP contribution in [0.2, 0.25) is 0 Å². The minimum absolute atomic E-state index is 0.583. The number of rotatable bonds is 4. The van der Waals surface area contributed by atoms with Crippen LogP contribution in [0.4, 0.5) is 0 Å². The van der Waals surface area contributed by atoms with Crippen molar-refractivity contribution < 1.29 is 0 Å². The molecule has 0 amide bonds. The molecular weight excluding hydrogens is 674 g/mol. The molecule has 0 spiro atoms. The molecule has 0 fully saturated rings. The van der Waals surface area contributed by atoms with Crippen molar-refractivity contribution in [3.05, 3.63) is 164 Å². The molecular formula is C44H32Ge2. The van der Waals surface area contributed by atoms with E-state index in [0.29, 0.717) is 16.5 Å². The van der Waals surface area contributed by atoms with Crippen LogP contribution in [0.5, 0.6) is 0 Å². The fourth-order valence-electron chi connectivity index (χ4n) is 7.79. The molecule has 216 valence electrons. The first-order chi connectivity index (χ1) is 22.8. The van der Waals surface area contributed by atoms with E-state index in [-0.39, 0.29) is 0 Å². The molecule has 1 aliphatic heterocycles. The number of fused-ring (bicyclic) bond motifs is 5. The van der Waals surface area contributed by atoms with Crippen molar-refractivity contribution in [1.82, 2.24) is 0 Å². The molecule has 0 saturated carbocycles. The Bertz CT molecular complexity index is 2460. The van der Waals surface area contributed by atoms with E-state index in [9.17, 15) is 0 Å². The number of hydrogen-bond donors (Lipinski definition) is 0. The predicted molar refractivity (Wildman–Crippen MR) is 206 cm³/mol. The molecule has 1 heterocycles. The van der Waals surface area contributed by atoms with Crippen LogP contribution in [0.15, 0.2) is 164 Å². The molecule has 0 unspecified atom stereocenters. The van der Waals surface area contributed by atoms with Crippen molar-refractivity contribution in [3.63, 3.8) is 0 Å². The Morgan fingerprint density at radius 3 is 1.54 bits per heavy atom. The van der Waals surface area contributed by atoms with Crippen molar-refractivity contribution in [3.8, 4) is 55.6 Å². The first-order valence-corrected chi connectivity index (χ1v) is 21.2. The molecule has 0 saturated heterocycles. The molecule has 0 atom stereocenters. The van der Waals surface area contributed by atoms with Gasteiger partial charge in [0.15, 0.2) is 0 Å².